The molecular formula is C14H22N2O3. The highest BCUT2D eigenvalue weighted by atomic mass is 16.5. The Labute approximate surface area is 113 Å². The van der Waals surface area contributed by atoms with Gasteiger partial charge in [-0.3, -0.25) is 9.69 Å². The van der Waals surface area contributed by atoms with Crippen LogP contribution in [0.15, 0.2) is 10.6 Å². The quantitative estimate of drug-likeness (QED) is 0.784. The third kappa shape index (κ3) is 3.15. The normalized spacial score (nSPS) is 20.7. The summed E-state index contributed by atoms with van der Waals surface area (Å²) in [5.41, 5.74) is -0.0436. The van der Waals surface area contributed by atoms with Gasteiger partial charge in [0.2, 0.25) is 5.89 Å². The van der Waals surface area contributed by atoms with E-state index in [4.69, 9.17) is 9.15 Å². The van der Waals surface area contributed by atoms with Crippen LogP contribution in [0.3, 0.4) is 0 Å². The SMILES string of the molecule is COC(=O)C1CCCN1Cc1ncc(C(C)(C)C)o1. The summed E-state index contributed by atoms with van der Waals surface area (Å²) < 4.78 is 10.6. The third-order valence-corrected chi connectivity index (χ3v) is 3.47. The number of carbonyl (C=O) groups is 1. The molecule has 0 aliphatic carbocycles. The highest BCUT2D eigenvalue weighted by Crippen LogP contribution is 2.25. The van der Waals surface area contributed by atoms with Gasteiger partial charge in [0.25, 0.3) is 0 Å². The molecule has 19 heavy (non-hydrogen) atoms. The first-order chi connectivity index (χ1) is 8.91. The molecule has 106 valence electrons. The topological polar surface area (TPSA) is 55.6 Å². The summed E-state index contributed by atoms with van der Waals surface area (Å²) in [6.07, 6.45) is 3.63. The average Bonchev–Trinajstić information content (AvgIpc) is 2.97. The number of ether oxygens (including phenoxy) is 1. The molecule has 1 saturated heterocycles. The standard InChI is InChI=1S/C14H22N2O3/c1-14(2,3)11-8-15-12(19-11)9-16-7-5-6-10(16)13(17)18-4/h8,10H,5-7,9H2,1-4H3. The third-order valence-electron chi connectivity index (χ3n) is 3.47. The molecule has 1 atom stereocenters. The summed E-state index contributed by atoms with van der Waals surface area (Å²) in [5.74, 6) is 1.37. The van der Waals surface area contributed by atoms with Gasteiger partial charge in [0.1, 0.15) is 11.8 Å². The Kier molecular flexibility index (Phi) is 3.94. The second-order valence-electron chi connectivity index (χ2n) is 6.02. The summed E-state index contributed by atoms with van der Waals surface area (Å²) in [6.45, 7) is 7.71. The predicted molar refractivity (Wildman–Crippen MR) is 70.7 cm³/mol. The van der Waals surface area contributed by atoms with Crippen LogP contribution in [-0.4, -0.2) is 35.5 Å². The Balaban J connectivity index is 2.04. The van der Waals surface area contributed by atoms with Crippen molar-refractivity contribution >= 4 is 5.97 Å². The zero-order chi connectivity index (χ0) is 14.0. The number of esters is 1. The van der Waals surface area contributed by atoms with Crippen LogP contribution >= 0.6 is 0 Å². The monoisotopic (exact) mass is 266 g/mol. The lowest BCUT2D eigenvalue weighted by molar-refractivity contribution is -0.146. The van der Waals surface area contributed by atoms with Crippen molar-refractivity contribution in [3.8, 4) is 0 Å². The van der Waals surface area contributed by atoms with Crippen molar-refractivity contribution < 1.29 is 13.9 Å². The van der Waals surface area contributed by atoms with Crippen molar-refractivity contribution in [1.29, 1.82) is 0 Å². The molecule has 0 N–H and O–H groups in total. The number of oxazole rings is 1. The fourth-order valence-corrected chi connectivity index (χ4v) is 2.32. The Morgan fingerprint density at radius 1 is 1.58 bits per heavy atom. The minimum atomic E-state index is -0.167. The highest BCUT2D eigenvalue weighted by molar-refractivity contribution is 5.75. The van der Waals surface area contributed by atoms with Crippen molar-refractivity contribution in [1.82, 2.24) is 9.88 Å². The lowest BCUT2D eigenvalue weighted by Gasteiger charge is -2.20. The molecule has 0 spiro atoms. The number of nitrogens with zero attached hydrogens (tertiary/aromatic N) is 2. The fourth-order valence-electron chi connectivity index (χ4n) is 2.32. The van der Waals surface area contributed by atoms with Crippen molar-refractivity contribution in [3.63, 3.8) is 0 Å². The first-order valence-corrected chi connectivity index (χ1v) is 6.69. The zero-order valence-electron chi connectivity index (χ0n) is 12.1. The van der Waals surface area contributed by atoms with Gasteiger partial charge >= 0.3 is 5.97 Å². The number of aromatic nitrogens is 1. The van der Waals surface area contributed by atoms with Crippen molar-refractivity contribution in [2.24, 2.45) is 0 Å². The van der Waals surface area contributed by atoms with Gasteiger partial charge in [-0.15, -0.1) is 0 Å². The molecule has 1 fully saturated rings. The second-order valence-corrected chi connectivity index (χ2v) is 6.02. The van der Waals surface area contributed by atoms with E-state index >= 15 is 0 Å². The number of hydrogen-bond donors (Lipinski definition) is 0. The van der Waals surface area contributed by atoms with Crippen LogP contribution in [0.1, 0.15) is 45.3 Å². The summed E-state index contributed by atoms with van der Waals surface area (Å²) in [5, 5.41) is 0. The molecule has 1 aromatic rings. The van der Waals surface area contributed by atoms with Gasteiger partial charge in [0.05, 0.1) is 19.9 Å². The van der Waals surface area contributed by atoms with Gasteiger partial charge in [-0.2, -0.15) is 0 Å². The predicted octanol–water partition coefficient (Wildman–Crippen LogP) is 2.11. The average molecular weight is 266 g/mol. The van der Waals surface area contributed by atoms with Crippen LogP contribution in [0.4, 0.5) is 0 Å². The minimum absolute atomic E-state index is 0.0436. The largest absolute Gasteiger partial charge is 0.468 e. The van der Waals surface area contributed by atoms with Crippen molar-refractivity contribution in [2.45, 2.75) is 51.6 Å². The molecule has 1 aliphatic heterocycles. The Morgan fingerprint density at radius 2 is 2.32 bits per heavy atom. The maximum absolute atomic E-state index is 11.7. The molecule has 1 aromatic heterocycles. The van der Waals surface area contributed by atoms with Gasteiger partial charge < -0.3 is 9.15 Å². The van der Waals surface area contributed by atoms with E-state index in [1.165, 1.54) is 7.11 Å². The number of rotatable bonds is 3. The van der Waals surface area contributed by atoms with E-state index in [9.17, 15) is 4.79 Å². The zero-order valence-corrected chi connectivity index (χ0v) is 12.1. The van der Waals surface area contributed by atoms with Crippen molar-refractivity contribution in [2.75, 3.05) is 13.7 Å². The molecule has 5 heteroatoms. The maximum Gasteiger partial charge on any atom is 0.323 e. The van der Waals surface area contributed by atoms with E-state index in [0.717, 1.165) is 25.1 Å². The van der Waals surface area contributed by atoms with E-state index in [0.29, 0.717) is 12.4 Å². The van der Waals surface area contributed by atoms with Crippen LogP contribution in [0.2, 0.25) is 0 Å². The van der Waals surface area contributed by atoms with Gasteiger partial charge in [-0.25, -0.2) is 4.98 Å². The van der Waals surface area contributed by atoms with Gasteiger partial charge in [0, 0.05) is 5.41 Å². The Hall–Kier alpha value is -1.36. The molecule has 1 aliphatic rings. The molecule has 0 saturated carbocycles. The summed E-state index contributed by atoms with van der Waals surface area (Å²) >= 11 is 0. The number of likely N-dealkylation sites (tertiary alicyclic amines) is 1. The molecule has 1 unspecified atom stereocenters. The van der Waals surface area contributed by atoms with Crippen molar-refractivity contribution in [3.05, 3.63) is 17.8 Å². The molecular weight excluding hydrogens is 244 g/mol. The first kappa shape index (κ1) is 14.1. The minimum Gasteiger partial charge on any atom is -0.468 e. The van der Waals surface area contributed by atoms with Crippen LogP contribution in [0, 0.1) is 0 Å². The van der Waals surface area contributed by atoms with Crippen LogP contribution < -0.4 is 0 Å². The fraction of sp³-hybridized carbons (Fsp3) is 0.714. The highest BCUT2D eigenvalue weighted by Gasteiger charge is 2.32. The lowest BCUT2D eigenvalue weighted by atomic mass is 9.94. The molecule has 5 nitrogen and oxygen atoms in total. The van der Waals surface area contributed by atoms with E-state index in [1.54, 1.807) is 6.20 Å². The molecule has 2 rings (SSSR count). The molecule has 0 bridgehead atoms. The van der Waals surface area contributed by atoms with Gasteiger partial charge in [-0.05, 0) is 19.4 Å². The van der Waals surface area contributed by atoms with E-state index in [1.807, 2.05) is 0 Å². The van der Waals surface area contributed by atoms with E-state index in [-0.39, 0.29) is 17.4 Å². The van der Waals surface area contributed by atoms with E-state index in [2.05, 4.69) is 30.7 Å². The molecule has 0 aromatic carbocycles. The number of hydrogen-bond acceptors (Lipinski definition) is 5. The Bertz CT molecular complexity index is 448. The van der Waals surface area contributed by atoms with Gasteiger partial charge in [-0.1, -0.05) is 20.8 Å². The van der Waals surface area contributed by atoms with Crippen LogP contribution in [-0.2, 0) is 21.5 Å². The molecule has 2 heterocycles. The molecule has 0 radical (unpaired) electrons. The number of methoxy groups -OCH3 is 1. The van der Waals surface area contributed by atoms with Gasteiger partial charge in [0.15, 0.2) is 0 Å². The first-order valence-electron chi connectivity index (χ1n) is 6.69. The maximum atomic E-state index is 11.7. The number of carbonyl (C=O) groups excluding carboxylic acids is 1. The molecule has 0 amide bonds. The summed E-state index contributed by atoms with van der Waals surface area (Å²) in [4.78, 5) is 18.0. The smallest absolute Gasteiger partial charge is 0.323 e. The Morgan fingerprint density at radius 3 is 2.89 bits per heavy atom. The van der Waals surface area contributed by atoms with E-state index < -0.39 is 0 Å². The van der Waals surface area contributed by atoms with Crippen LogP contribution in [0.25, 0.3) is 0 Å². The van der Waals surface area contributed by atoms with Crippen LogP contribution in [0.5, 0.6) is 0 Å². The lowest BCUT2D eigenvalue weighted by Crippen LogP contribution is -2.36. The summed E-state index contributed by atoms with van der Waals surface area (Å²) in [7, 11) is 1.43. The summed E-state index contributed by atoms with van der Waals surface area (Å²) in [6, 6.07) is -0.157. The second kappa shape index (κ2) is 5.33.